The minimum absolute atomic E-state index is 0.294. The number of carbonyl (C=O) groups excluding carboxylic acids is 3. The number of nitrogens with one attached hydrogen (secondary N) is 2. The van der Waals surface area contributed by atoms with Gasteiger partial charge in [0.05, 0.1) is 12.7 Å². The summed E-state index contributed by atoms with van der Waals surface area (Å²) in [6, 6.07) is 8.98. The lowest BCUT2D eigenvalue weighted by atomic mass is 9.90. The lowest BCUT2D eigenvalue weighted by Crippen LogP contribution is -2.42. The van der Waals surface area contributed by atoms with E-state index in [9.17, 15) is 23.2 Å². The number of halogens is 2. The van der Waals surface area contributed by atoms with Crippen molar-refractivity contribution in [3.63, 3.8) is 0 Å². The summed E-state index contributed by atoms with van der Waals surface area (Å²) in [5.41, 5.74) is -1.62. The van der Waals surface area contributed by atoms with Crippen LogP contribution in [-0.4, -0.2) is 24.9 Å². The number of para-hydroxylation sites is 1. The summed E-state index contributed by atoms with van der Waals surface area (Å²) in [7, 11) is 1.25. The van der Waals surface area contributed by atoms with Crippen molar-refractivity contribution in [1.29, 1.82) is 0 Å². The molecule has 0 saturated carbocycles. The summed E-state index contributed by atoms with van der Waals surface area (Å²) in [6.07, 6.45) is 0. The molecule has 0 fully saturated rings. The van der Waals surface area contributed by atoms with Crippen LogP contribution in [0.25, 0.3) is 0 Å². The third kappa shape index (κ3) is 4.46. The van der Waals surface area contributed by atoms with Crippen LogP contribution in [-0.2, 0) is 14.3 Å². The monoisotopic (exact) mass is 376 g/mol. The predicted octanol–water partition coefficient (Wildman–Crippen LogP) is 3.35. The molecule has 27 heavy (non-hydrogen) atoms. The molecule has 2 aromatic rings. The van der Waals surface area contributed by atoms with Crippen LogP contribution in [0.4, 0.5) is 20.2 Å². The molecule has 6 nitrogen and oxygen atoms in total. The van der Waals surface area contributed by atoms with Crippen LogP contribution in [0, 0.1) is 17.0 Å². The van der Waals surface area contributed by atoms with Gasteiger partial charge in [-0.25, -0.2) is 13.6 Å². The topological polar surface area (TPSA) is 84.5 Å². The van der Waals surface area contributed by atoms with Gasteiger partial charge in [0.2, 0.25) is 11.8 Å². The third-order valence-electron chi connectivity index (χ3n) is 3.90. The van der Waals surface area contributed by atoms with Crippen molar-refractivity contribution >= 4 is 29.2 Å². The molecule has 2 rings (SSSR count). The van der Waals surface area contributed by atoms with Gasteiger partial charge in [0, 0.05) is 5.69 Å². The van der Waals surface area contributed by atoms with Crippen molar-refractivity contribution in [3.8, 4) is 0 Å². The molecule has 0 atom stereocenters. The van der Waals surface area contributed by atoms with Gasteiger partial charge in [0.1, 0.15) is 22.7 Å². The Labute approximate surface area is 154 Å². The average Bonchev–Trinajstić information content (AvgIpc) is 2.64. The maximum absolute atomic E-state index is 13.7. The van der Waals surface area contributed by atoms with Gasteiger partial charge in [-0.3, -0.25) is 9.59 Å². The molecule has 0 spiro atoms. The second-order valence-corrected chi connectivity index (χ2v) is 6.20. The minimum Gasteiger partial charge on any atom is -0.465 e. The summed E-state index contributed by atoms with van der Waals surface area (Å²) in [4.78, 5) is 36.2. The number of carbonyl (C=O) groups is 3. The van der Waals surface area contributed by atoms with Crippen LogP contribution in [0.1, 0.15) is 24.2 Å². The molecule has 8 heteroatoms. The van der Waals surface area contributed by atoms with E-state index in [0.717, 1.165) is 18.2 Å². The first-order chi connectivity index (χ1) is 12.7. The summed E-state index contributed by atoms with van der Waals surface area (Å²) < 4.78 is 32.0. The molecule has 2 N–H and O–H groups in total. The first-order valence-electron chi connectivity index (χ1n) is 7.92. The van der Waals surface area contributed by atoms with Crippen LogP contribution in [0.5, 0.6) is 0 Å². The third-order valence-corrected chi connectivity index (χ3v) is 3.90. The molecular weight excluding hydrogens is 358 g/mol. The van der Waals surface area contributed by atoms with E-state index in [0.29, 0.717) is 11.3 Å². The molecule has 0 saturated heterocycles. The Bertz CT molecular complexity index is 860. The highest BCUT2D eigenvalue weighted by molar-refractivity contribution is 6.14. The largest absolute Gasteiger partial charge is 0.465 e. The van der Waals surface area contributed by atoms with Crippen molar-refractivity contribution in [3.05, 3.63) is 59.7 Å². The molecular formula is C19H18F2N2O4. The Morgan fingerprint density at radius 3 is 1.93 bits per heavy atom. The SMILES string of the molecule is COC(=O)c1ccc(NC(=O)C(C)(C)C(=O)Nc2c(F)cccc2F)cc1. The van der Waals surface area contributed by atoms with E-state index in [1.165, 1.54) is 45.2 Å². The zero-order valence-corrected chi connectivity index (χ0v) is 14.9. The van der Waals surface area contributed by atoms with Crippen LogP contribution in [0.15, 0.2) is 42.5 Å². The fourth-order valence-electron chi connectivity index (χ4n) is 2.08. The Morgan fingerprint density at radius 1 is 0.889 bits per heavy atom. The van der Waals surface area contributed by atoms with E-state index in [1.807, 2.05) is 0 Å². The summed E-state index contributed by atoms with van der Waals surface area (Å²) in [6.45, 7) is 2.64. The van der Waals surface area contributed by atoms with Gasteiger partial charge < -0.3 is 15.4 Å². The van der Waals surface area contributed by atoms with Crippen LogP contribution >= 0.6 is 0 Å². The molecule has 142 valence electrons. The fourth-order valence-corrected chi connectivity index (χ4v) is 2.08. The lowest BCUT2D eigenvalue weighted by molar-refractivity contribution is -0.135. The summed E-state index contributed by atoms with van der Waals surface area (Å²) >= 11 is 0. The molecule has 0 aliphatic heterocycles. The van der Waals surface area contributed by atoms with E-state index >= 15 is 0 Å². The van der Waals surface area contributed by atoms with E-state index in [2.05, 4.69) is 15.4 Å². The number of amides is 2. The van der Waals surface area contributed by atoms with Gasteiger partial charge in [-0.2, -0.15) is 0 Å². The number of benzene rings is 2. The van der Waals surface area contributed by atoms with Crippen molar-refractivity contribution in [1.82, 2.24) is 0 Å². The normalized spacial score (nSPS) is 10.9. The number of hydrogen-bond donors (Lipinski definition) is 2. The fraction of sp³-hybridized carbons (Fsp3) is 0.211. The predicted molar refractivity (Wildman–Crippen MR) is 95.2 cm³/mol. The standard InChI is InChI=1S/C19H18F2N2O4/c1-19(2,18(26)23-15-13(20)5-4-6-14(15)21)17(25)22-12-9-7-11(8-10-12)16(24)27-3/h4-10H,1-3H3,(H,22,25)(H,23,26). The van der Waals surface area contributed by atoms with Gasteiger partial charge in [-0.15, -0.1) is 0 Å². The molecule has 0 unspecified atom stereocenters. The zero-order valence-electron chi connectivity index (χ0n) is 14.9. The lowest BCUT2D eigenvalue weighted by Gasteiger charge is -2.23. The van der Waals surface area contributed by atoms with E-state index in [-0.39, 0.29) is 0 Å². The Kier molecular flexibility index (Phi) is 5.89. The summed E-state index contributed by atoms with van der Waals surface area (Å²) in [5, 5.41) is 4.63. The number of ether oxygens (including phenoxy) is 1. The van der Waals surface area contributed by atoms with Gasteiger partial charge in [-0.1, -0.05) is 6.07 Å². The molecule has 2 aromatic carbocycles. The Hall–Kier alpha value is -3.29. The minimum atomic E-state index is -1.63. The Morgan fingerprint density at radius 2 is 1.41 bits per heavy atom. The van der Waals surface area contributed by atoms with Crippen molar-refractivity contribution < 1.29 is 27.9 Å². The number of methoxy groups -OCH3 is 1. The highest BCUT2D eigenvalue weighted by Gasteiger charge is 2.37. The van der Waals surface area contributed by atoms with Crippen molar-refractivity contribution in [2.45, 2.75) is 13.8 Å². The van der Waals surface area contributed by atoms with Gasteiger partial charge in [0.25, 0.3) is 0 Å². The first kappa shape index (κ1) is 20.0. The maximum Gasteiger partial charge on any atom is 0.337 e. The summed E-state index contributed by atoms with van der Waals surface area (Å²) in [5.74, 6) is -3.99. The molecule has 0 aliphatic carbocycles. The van der Waals surface area contributed by atoms with Crippen molar-refractivity contribution in [2.75, 3.05) is 17.7 Å². The first-order valence-corrected chi connectivity index (χ1v) is 7.92. The average molecular weight is 376 g/mol. The van der Waals surface area contributed by atoms with Gasteiger partial charge >= 0.3 is 5.97 Å². The number of anilines is 2. The van der Waals surface area contributed by atoms with E-state index in [4.69, 9.17) is 0 Å². The Balaban J connectivity index is 2.12. The van der Waals surface area contributed by atoms with Gasteiger partial charge in [-0.05, 0) is 50.2 Å². The molecule has 0 aliphatic rings. The molecule has 0 heterocycles. The highest BCUT2D eigenvalue weighted by atomic mass is 19.1. The molecule has 0 aromatic heterocycles. The highest BCUT2D eigenvalue weighted by Crippen LogP contribution is 2.24. The van der Waals surface area contributed by atoms with Crippen LogP contribution in [0.2, 0.25) is 0 Å². The molecule has 0 radical (unpaired) electrons. The maximum atomic E-state index is 13.7. The van der Waals surface area contributed by atoms with E-state index < -0.39 is 40.5 Å². The molecule has 0 bridgehead atoms. The van der Waals surface area contributed by atoms with E-state index in [1.54, 1.807) is 0 Å². The smallest absolute Gasteiger partial charge is 0.337 e. The second kappa shape index (κ2) is 7.94. The molecule has 2 amide bonds. The van der Waals surface area contributed by atoms with Crippen LogP contribution < -0.4 is 10.6 Å². The quantitative estimate of drug-likeness (QED) is 0.619. The van der Waals surface area contributed by atoms with Crippen molar-refractivity contribution in [2.24, 2.45) is 5.41 Å². The second-order valence-electron chi connectivity index (χ2n) is 6.20. The zero-order chi connectivity index (χ0) is 20.2. The number of rotatable bonds is 5. The number of hydrogen-bond acceptors (Lipinski definition) is 4. The van der Waals surface area contributed by atoms with Crippen LogP contribution in [0.3, 0.4) is 0 Å². The van der Waals surface area contributed by atoms with Gasteiger partial charge in [0.15, 0.2) is 0 Å². The number of esters is 1.